The average molecular weight is 475 g/mol. The number of thiophene rings is 1. The summed E-state index contributed by atoms with van der Waals surface area (Å²) in [6.45, 7) is 2.98. The number of amides is 2. The van der Waals surface area contributed by atoms with Gasteiger partial charge in [-0.25, -0.2) is 0 Å². The lowest BCUT2D eigenvalue weighted by Crippen LogP contribution is -2.36. The number of rotatable bonds is 7. The number of nitriles is 1. The van der Waals surface area contributed by atoms with E-state index in [1.165, 1.54) is 11.3 Å². The third-order valence-electron chi connectivity index (χ3n) is 5.99. The fourth-order valence-corrected chi connectivity index (χ4v) is 5.34. The molecule has 1 aliphatic rings. The molecule has 3 aromatic rings. The number of anilines is 1. The molecule has 34 heavy (non-hydrogen) atoms. The van der Waals surface area contributed by atoms with Crippen molar-refractivity contribution in [3.05, 3.63) is 75.9 Å². The van der Waals surface area contributed by atoms with Crippen molar-refractivity contribution in [3.63, 3.8) is 0 Å². The molecule has 0 saturated carbocycles. The summed E-state index contributed by atoms with van der Waals surface area (Å²) < 4.78 is 5.27. The molecule has 0 saturated heterocycles. The van der Waals surface area contributed by atoms with E-state index in [0.717, 1.165) is 27.4 Å². The van der Waals surface area contributed by atoms with E-state index in [0.29, 0.717) is 30.1 Å². The lowest BCUT2D eigenvalue weighted by Gasteiger charge is -2.27. The van der Waals surface area contributed by atoms with Gasteiger partial charge in [0.25, 0.3) is 0 Å². The summed E-state index contributed by atoms with van der Waals surface area (Å²) in [6.07, 6.45) is 2.81. The highest BCUT2D eigenvalue weighted by molar-refractivity contribution is 7.16. The molecule has 0 bridgehead atoms. The molecule has 0 radical (unpaired) electrons. The number of benzene rings is 1. The van der Waals surface area contributed by atoms with Crippen molar-refractivity contribution in [1.82, 2.24) is 9.88 Å². The number of carbonyl (C=O) groups excluding carboxylic acids is 2. The van der Waals surface area contributed by atoms with Crippen LogP contribution in [0.1, 0.15) is 46.5 Å². The molecule has 2 aromatic heterocycles. The smallest absolute Gasteiger partial charge is 0.228 e. The highest BCUT2D eigenvalue weighted by Gasteiger charge is 2.28. The topological polar surface area (TPSA) is 95.3 Å². The van der Waals surface area contributed by atoms with E-state index < -0.39 is 0 Å². The molecule has 2 amide bonds. The predicted octanol–water partition coefficient (Wildman–Crippen LogP) is 4.28. The predicted molar refractivity (Wildman–Crippen MR) is 131 cm³/mol. The SMILES string of the molecule is COc1cccc(C(C)CC(=O)Nc2sc3c(c2C#N)CCN(C(=O)Cc2ccccn2)C3)c1. The van der Waals surface area contributed by atoms with Crippen molar-refractivity contribution in [2.75, 3.05) is 19.0 Å². The number of hydrogen-bond acceptors (Lipinski definition) is 6. The Morgan fingerprint density at radius 3 is 2.88 bits per heavy atom. The van der Waals surface area contributed by atoms with Crippen molar-refractivity contribution in [2.45, 2.75) is 38.6 Å². The number of pyridine rings is 1. The Kier molecular flexibility index (Phi) is 7.24. The standard InChI is InChI=1S/C26H26N4O3S/c1-17(18-6-5-8-20(13-18)33-2)12-24(31)29-26-22(15-27)21-9-11-30(16-23(21)34-26)25(32)14-19-7-3-4-10-28-19/h3-8,10,13,17H,9,11-12,14,16H2,1-2H3,(H,29,31). The van der Waals surface area contributed by atoms with Crippen LogP contribution in [0, 0.1) is 11.3 Å². The Hall–Kier alpha value is -3.70. The number of nitrogens with one attached hydrogen (secondary N) is 1. The number of carbonyl (C=O) groups is 2. The van der Waals surface area contributed by atoms with E-state index in [2.05, 4.69) is 16.4 Å². The first-order valence-corrected chi connectivity index (χ1v) is 12.0. The van der Waals surface area contributed by atoms with Crippen molar-refractivity contribution in [1.29, 1.82) is 5.26 Å². The number of nitrogens with zero attached hydrogens (tertiary/aromatic N) is 3. The van der Waals surface area contributed by atoms with E-state index in [4.69, 9.17) is 4.74 Å². The Bertz CT molecular complexity index is 1230. The highest BCUT2D eigenvalue weighted by atomic mass is 32.1. The Balaban J connectivity index is 1.43. The summed E-state index contributed by atoms with van der Waals surface area (Å²) in [5.74, 6) is 0.613. The van der Waals surface area contributed by atoms with Crippen LogP contribution in [-0.2, 0) is 29.0 Å². The second-order valence-corrected chi connectivity index (χ2v) is 9.42. The molecular formula is C26H26N4O3S. The molecule has 4 rings (SSSR count). The first-order chi connectivity index (χ1) is 16.5. The minimum absolute atomic E-state index is 0.00469. The van der Waals surface area contributed by atoms with E-state index in [-0.39, 0.29) is 30.6 Å². The first kappa shape index (κ1) is 23.5. The van der Waals surface area contributed by atoms with Gasteiger partial charge in [0.05, 0.1) is 25.6 Å². The summed E-state index contributed by atoms with van der Waals surface area (Å²) >= 11 is 1.39. The zero-order valence-electron chi connectivity index (χ0n) is 19.2. The number of fused-ring (bicyclic) bond motifs is 1. The molecule has 1 N–H and O–H groups in total. The van der Waals surface area contributed by atoms with E-state index in [9.17, 15) is 14.9 Å². The summed E-state index contributed by atoms with van der Waals surface area (Å²) in [7, 11) is 1.62. The molecule has 1 aromatic carbocycles. The quantitative estimate of drug-likeness (QED) is 0.551. The minimum Gasteiger partial charge on any atom is -0.497 e. The second-order valence-electron chi connectivity index (χ2n) is 8.31. The summed E-state index contributed by atoms with van der Waals surface area (Å²) in [6, 6.07) is 15.5. The van der Waals surface area contributed by atoms with Gasteiger partial charge in [-0.3, -0.25) is 14.6 Å². The van der Waals surface area contributed by atoms with Crippen LogP contribution in [0.2, 0.25) is 0 Å². The number of aromatic nitrogens is 1. The zero-order valence-corrected chi connectivity index (χ0v) is 20.0. The largest absolute Gasteiger partial charge is 0.497 e. The van der Waals surface area contributed by atoms with Crippen molar-refractivity contribution < 1.29 is 14.3 Å². The normalized spacial score (nSPS) is 13.5. The van der Waals surface area contributed by atoms with Gasteiger partial charge < -0.3 is 15.0 Å². The highest BCUT2D eigenvalue weighted by Crippen LogP contribution is 2.37. The Morgan fingerprint density at radius 1 is 1.29 bits per heavy atom. The third kappa shape index (κ3) is 5.26. The summed E-state index contributed by atoms with van der Waals surface area (Å²) in [4.78, 5) is 32.5. The van der Waals surface area contributed by atoms with Crippen molar-refractivity contribution in [3.8, 4) is 11.8 Å². The second kappa shape index (κ2) is 10.5. The van der Waals surface area contributed by atoms with Crippen LogP contribution < -0.4 is 10.1 Å². The molecular weight excluding hydrogens is 448 g/mol. The van der Waals surface area contributed by atoms with E-state index in [1.807, 2.05) is 49.4 Å². The Morgan fingerprint density at radius 2 is 2.15 bits per heavy atom. The Labute approximate surface area is 203 Å². The minimum atomic E-state index is -0.145. The molecule has 0 fully saturated rings. The number of ether oxygens (including phenoxy) is 1. The van der Waals surface area contributed by atoms with Gasteiger partial charge in [0.1, 0.15) is 16.8 Å². The molecule has 1 aliphatic heterocycles. The van der Waals surface area contributed by atoms with Gasteiger partial charge in [-0.05, 0) is 47.7 Å². The molecule has 1 atom stereocenters. The maximum absolute atomic E-state index is 12.8. The van der Waals surface area contributed by atoms with Gasteiger partial charge in [0.2, 0.25) is 11.8 Å². The maximum Gasteiger partial charge on any atom is 0.228 e. The van der Waals surface area contributed by atoms with Crippen LogP contribution in [0.5, 0.6) is 5.75 Å². The molecule has 1 unspecified atom stereocenters. The van der Waals surface area contributed by atoms with Crippen LogP contribution in [0.4, 0.5) is 5.00 Å². The van der Waals surface area contributed by atoms with Gasteiger partial charge >= 0.3 is 0 Å². The van der Waals surface area contributed by atoms with Gasteiger partial charge in [0.15, 0.2) is 0 Å². The zero-order chi connectivity index (χ0) is 24.1. The molecule has 7 nitrogen and oxygen atoms in total. The number of methoxy groups -OCH3 is 1. The average Bonchev–Trinajstić information content (AvgIpc) is 3.20. The molecule has 3 heterocycles. The lowest BCUT2D eigenvalue weighted by molar-refractivity contribution is -0.131. The molecule has 8 heteroatoms. The van der Waals surface area contributed by atoms with Crippen molar-refractivity contribution in [2.24, 2.45) is 0 Å². The van der Waals surface area contributed by atoms with E-state index >= 15 is 0 Å². The van der Waals surface area contributed by atoms with Gasteiger partial charge in [-0.1, -0.05) is 25.1 Å². The van der Waals surface area contributed by atoms with Crippen LogP contribution in [0.25, 0.3) is 0 Å². The summed E-state index contributed by atoms with van der Waals surface area (Å²) in [5, 5.41) is 13.3. The van der Waals surface area contributed by atoms with Gasteiger partial charge in [-0.15, -0.1) is 11.3 Å². The van der Waals surface area contributed by atoms with Crippen LogP contribution >= 0.6 is 11.3 Å². The maximum atomic E-state index is 12.8. The van der Waals surface area contributed by atoms with Gasteiger partial charge in [0, 0.05) is 29.7 Å². The number of hydrogen-bond donors (Lipinski definition) is 1. The lowest BCUT2D eigenvalue weighted by atomic mass is 9.97. The fraction of sp³-hybridized carbons (Fsp3) is 0.308. The summed E-state index contributed by atoms with van der Waals surface area (Å²) in [5.41, 5.74) is 3.20. The first-order valence-electron chi connectivity index (χ1n) is 11.1. The van der Waals surface area contributed by atoms with Crippen LogP contribution in [-0.4, -0.2) is 35.4 Å². The molecule has 0 spiro atoms. The monoisotopic (exact) mass is 474 g/mol. The third-order valence-corrected chi connectivity index (χ3v) is 7.12. The van der Waals surface area contributed by atoms with E-state index in [1.54, 1.807) is 18.2 Å². The molecule has 0 aliphatic carbocycles. The van der Waals surface area contributed by atoms with Crippen LogP contribution in [0.15, 0.2) is 48.7 Å². The fourth-order valence-electron chi connectivity index (χ4n) is 4.11. The van der Waals surface area contributed by atoms with Crippen LogP contribution in [0.3, 0.4) is 0 Å². The molecule has 174 valence electrons. The van der Waals surface area contributed by atoms with Crippen molar-refractivity contribution >= 4 is 28.2 Å². The van der Waals surface area contributed by atoms with Gasteiger partial charge in [-0.2, -0.15) is 5.26 Å².